The number of hydrogen-bond donors (Lipinski definition) is 2. The summed E-state index contributed by atoms with van der Waals surface area (Å²) in [6.07, 6.45) is 3.86. The summed E-state index contributed by atoms with van der Waals surface area (Å²) in [4.78, 5) is 0. The Kier molecular flexibility index (Phi) is 6.23. The van der Waals surface area contributed by atoms with Crippen LogP contribution in [0.4, 0.5) is 0 Å². The summed E-state index contributed by atoms with van der Waals surface area (Å²) in [6.45, 7) is 2.95. The highest BCUT2D eigenvalue weighted by molar-refractivity contribution is 5.85. The summed E-state index contributed by atoms with van der Waals surface area (Å²) in [5, 5.41) is 15.2. The van der Waals surface area contributed by atoms with Crippen molar-refractivity contribution in [1.29, 1.82) is 0 Å². The monoisotopic (exact) mass is 331 g/mol. The standard InChI is InChI=1S/C20H25NO.ClH/c1-16(15-21-19-13-8-14-19)20(22,17-9-4-2-5-10-17)18-11-6-3-7-12-18;/h2-7,9-12,16,19,21-22H,8,13-15H2,1H3;1H. The number of rotatable bonds is 6. The molecule has 2 N–H and O–H groups in total. The van der Waals surface area contributed by atoms with Gasteiger partial charge in [-0.15, -0.1) is 12.4 Å². The Bertz CT molecular complexity index is 544. The van der Waals surface area contributed by atoms with Crippen molar-refractivity contribution in [3.8, 4) is 0 Å². The van der Waals surface area contributed by atoms with Crippen molar-refractivity contribution in [1.82, 2.24) is 5.32 Å². The molecule has 0 saturated heterocycles. The number of hydrogen-bond acceptors (Lipinski definition) is 2. The predicted molar refractivity (Wildman–Crippen MR) is 97.9 cm³/mol. The number of benzene rings is 2. The molecule has 23 heavy (non-hydrogen) atoms. The van der Waals surface area contributed by atoms with Gasteiger partial charge in [0.05, 0.1) is 0 Å². The molecule has 1 aliphatic carbocycles. The summed E-state index contributed by atoms with van der Waals surface area (Å²) in [5.41, 5.74) is 0.965. The minimum absolute atomic E-state index is 0. The molecule has 3 rings (SSSR count). The van der Waals surface area contributed by atoms with Gasteiger partial charge in [-0.3, -0.25) is 0 Å². The van der Waals surface area contributed by atoms with E-state index in [1.807, 2.05) is 60.7 Å². The van der Waals surface area contributed by atoms with Crippen LogP contribution in [0.2, 0.25) is 0 Å². The molecule has 2 aromatic carbocycles. The van der Waals surface area contributed by atoms with E-state index < -0.39 is 5.60 Å². The Morgan fingerprint density at radius 3 is 1.87 bits per heavy atom. The lowest BCUT2D eigenvalue weighted by Crippen LogP contribution is -2.44. The molecule has 1 aliphatic rings. The first-order valence-corrected chi connectivity index (χ1v) is 8.28. The van der Waals surface area contributed by atoms with Crippen molar-refractivity contribution in [2.75, 3.05) is 6.54 Å². The van der Waals surface area contributed by atoms with Crippen LogP contribution in [-0.4, -0.2) is 17.7 Å². The quantitative estimate of drug-likeness (QED) is 0.834. The topological polar surface area (TPSA) is 32.3 Å². The van der Waals surface area contributed by atoms with E-state index in [2.05, 4.69) is 12.2 Å². The summed E-state index contributed by atoms with van der Waals surface area (Å²) in [7, 11) is 0. The summed E-state index contributed by atoms with van der Waals surface area (Å²) in [5.74, 6) is 0.0953. The first kappa shape index (κ1) is 18.0. The van der Waals surface area contributed by atoms with Gasteiger partial charge in [-0.1, -0.05) is 74.0 Å². The van der Waals surface area contributed by atoms with Gasteiger partial charge >= 0.3 is 0 Å². The van der Waals surface area contributed by atoms with Crippen LogP contribution in [0.15, 0.2) is 60.7 Å². The van der Waals surface area contributed by atoms with Gasteiger partial charge in [-0.2, -0.15) is 0 Å². The number of halogens is 1. The van der Waals surface area contributed by atoms with Crippen LogP contribution in [0.5, 0.6) is 0 Å². The van der Waals surface area contributed by atoms with E-state index in [0.29, 0.717) is 6.04 Å². The maximum atomic E-state index is 11.6. The highest BCUT2D eigenvalue weighted by Crippen LogP contribution is 2.36. The zero-order valence-corrected chi connectivity index (χ0v) is 14.4. The number of aliphatic hydroxyl groups is 1. The van der Waals surface area contributed by atoms with Crippen molar-refractivity contribution in [2.45, 2.75) is 37.8 Å². The molecule has 0 amide bonds. The highest BCUT2D eigenvalue weighted by Gasteiger charge is 2.37. The Morgan fingerprint density at radius 1 is 1.00 bits per heavy atom. The molecular formula is C20H26ClNO. The molecule has 0 bridgehead atoms. The molecule has 1 atom stereocenters. The Labute approximate surface area is 145 Å². The van der Waals surface area contributed by atoms with Crippen molar-refractivity contribution >= 4 is 12.4 Å². The second kappa shape index (κ2) is 7.96. The van der Waals surface area contributed by atoms with Crippen molar-refractivity contribution in [3.63, 3.8) is 0 Å². The largest absolute Gasteiger partial charge is 0.380 e. The first-order chi connectivity index (χ1) is 10.7. The fourth-order valence-corrected chi connectivity index (χ4v) is 3.22. The Morgan fingerprint density at radius 2 is 1.48 bits per heavy atom. The van der Waals surface area contributed by atoms with E-state index in [1.165, 1.54) is 19.3 Å². The zero-order chi connectivity index (χ0) is 15.4. The third kappa shape index (κ3) is 3.77. The van der Waals surface area contributed by atoms with Crippen LogP contribution in [0.25, 0.3) is 0 Å². The molecule has 2 nitrogen and oxygen atoms in total. The molecule has 2 aromatic rings. The summed E-state index contributed by atoms with van der Waals surface area (Å²) >= 11 is 0. The van der Waals surface area contributed by atoms with Crippen LogP contribution >= 0.6 is 12.4 Å². The Hall–Kier alpha value is -1.35. The van der Waals surface area contributed by atoms with Gasteiger partial charge in [0.2, 0.25) is 0 Å². The van der Waals surface area contributed by atoms with Crippen LogP contribution in [-0.2, 0) is 5.60 Å². The van der Waals surface area contributed by atoms with Crippen molar-refractivity contribution in [2.24, 2.45) is 5.92 Å². The average molecular weight is 332 g/mol. The van der Waals surface area contributed by atoms with E-state index in [4.69, 9.17) is 0 Å². The predicted octanol–water partition coefficient (Wildman–Crippen LogP) is 4.12. The van der Waals surface area contributed by atoms with Gasteiger partial charge in [-0.25, -0.2) is 0 Å². The first-order valence-electron chi connectivity index (χ1n) is 8.28. The maximum Gasteiger partial charge on any atom is 0.118 e. The molecular weight excluding hydrogens is 306 g/mol. The zero-order valence-electron chi connectivity index (χ0n) is 13.6. The third-order valence-electron chi connectivity index (χ3n) is 4.96. The van der Waals surface area contributed by atoms with Crippen LogP contribution in [0.3, 0.4) is 0 Å². The van der Waals surface area contributed by atoms with Gasteiger partial charge < -0.3 is 10.4 Å². The van der Waals surface area contributed by atoms with Gasteiger partial charge in [0, 0.05) is 18.5 Å². The van der Waals surface area contributed by atoms with Gasteiger partial charge in [0.25, 0.3) is 0 Å². The smallest absolute Gasteiger partial charge is 0.118 e. The molecule has 3 heteroatoms. The normalized spacial score (nSPS) is 16.3. The van der Waals surface area contributed by atoms with Gasteiger partial charge in [0.1, 0.15) is 5.60 Å². The summed E-state index contributed by atoms with van der Waals surface area (Å²) < 4.78 is 0. The van der Waals surface area contributed by atoms with E-state index in [9.17, 15) is 5.11 Å². The van der Waals surface area contributed by atoms with E-state index in [1.54, 1.807) is 0 Å². The molecule has 0 spiro atoms. The lowest BCUT2D eigenvalue weighted by molar-refractivity contribution is 0.0218. The summed E-state index contributed by atoms with van der Waals surface area (Å²) in [6, 6.07) is 20.7. The number of nitrogens with one attached hydrogen (secondary N) is 1. The lowest BCUT2D eigenvalue weighted by Gasteiger charge is -2.37. The second-order valence-corrected chi connectivity index (χ2v) is 6.44. The van der Waals surface area contributed by atoms with Crippen molar-refractivity contribution < 1.29 is 5.11 Å². The molecule has 1 unspecified atom stereocenters. The average Bonchev–Trinajstić information content (AvgIpc) is 2.54. The molecule has 1 fully saturated rings. The van der Waals surface area contributed by atoms with E-state index in [-0.39, 0.29) is 18.3 Å². The molecule has 0 radical (unpaired) electrons. The van der Waals surface area contributed by atoms with Crippen LogP contribution < -0.4 is 5.32 Å². The van der Waals surface area contributed by atoms with Gasteiger partial charge in [-0.05, 0) is 24.0 Å². The van der Waals surface area contributed by atoms with Gasteiger partial charge in [0.15, 0.2) is 0 Å². The third-order valence-corrected chi connectivity index (χ3v) is 4.96. The van der Waals surface area contributed by atoms with Crippen LogP contribution in [0, 0.1) is 5.92 Å². The Balaban J connectivity index is 0.00000192. The molecule has 0 heterocycles. The fraction of sp³-hybridized carbons (Fsp3) is 0.400. The maximum absolute atomic E-state index is 11.6. The van der Waals surface area contributed by atoms with Crippen molar-refractivity contribution in [3.05, 3.63) is 71.8 Å². The molecule has 0 aromatic heterocycles. The molecule has 0 aliphatic heterocycles. The molecule has 1 saturated carbocycles. The minimum atomic E-state index is -0.959. The molecule has 124 valence electrons. The van der Waals surface area contributed by atoms with E-state index >= 15 is 0 Å². The van der Waals surface area contributed by atoms with Crippen LogP contribution in [0.1, 0.15) is 37.3 Å². The lowest BCUT2D eigenvalue weighted by atomic mass is 9.76. The fourth-order valence-electron chi connectivity index (χ4n) is 3.22. The SMILES string of the molecule is CC(CNC1CCC1)C(O)(c1ccccc1)c1ccccc1.Cl. The highest BCUT2D eigenvalue weighted by atomic mass is 35.5. The minimum Gasteiger partial charge on any atom is -0.380 e. The van der Waals surface area contributed by atoms with E-state index in [0.717, 1.165) is 17.7 Å². The second-order valence-electron chi connectivity index (χ2n) is 6.44.